The molecule has 0 aromatic carbocycles. The molecule has 17 heavy (non-hydrogen) atoms. The van der Waals surface area contributed by atoms with Crippen LogP contribution in [0.5, 0.6) is 0 Å². The minimum Gasteiger partial charge on any atom is -0.368 e. The van der Waals surface area contributed by atoms with Gasteiger partial charge in [-0.1, -0.05) is 12.8 Å². The number of carbonyl (C=O) groups excluding carboxylic acids is 2. The molecule has 3 rings (SSSR count). The highest BCUT2D eigenvalue weighted by Crippen LogP contribution is 2.48. The summed E-state index contributed by atoms with van der Waals surface area (Å²) < 4.78 is 0. The van der Waals surface area contributed by atoms with Gasteiger partial charge < -0.3 is 16.4 Å². The number of nitrogens with two attached hydrogens (primary N) is 1. The van der Waals surface area contributed by atoms with E-state index in [1.165, 1.54) is 12.8 Å². The van der Waals surface area contributed by atoms with E-state index in [0.717, 1.165) is 12.8 Å². The lowest BCUT2D eigenvalue weighted by Crippen LogP contribution is -2.38. The molecule has 4 atom stereocenters. The van der Waals surface area contributed by atoms with Gasteiger partial charge in [-0.2, -0.15) is 0 Å². The van der Waals surface area contributed by atoms with Gasteiger partial charge in [-0.25, -0.2) is 0 Å². The van der Waals surface area contributed by atoms with Gasteiger partial charge in [-0.3, -0.25) is 9.59 Å². The van der Waals surface area contributed by atoms with Gasteiger partial charge in [0.25, 0.3) is 0 Å². The van der Waals surface area contributed by atoms with E-state index < -0.39 is 0 Å². The molecule has 3 unspecified atom stereocenters. The second-order valence-corrected chi connectivity index (χ2v) is 5.67. The second kappa shape index (κ2) is 3.70. The predicted octanol–water partition coefficient (Wildman–Crippen LogP) is -0.491. The smallest absolute Gasteiger partial charge is 0.234 e. The highest BCUT2D eigenvalue weighted by molar-refractivity contribution is 5.89. The van der Waals surface area contributed by atoms with Gasteiger partial charge in [0.05, 0.1) is 11.5 Å². The summed E-state index contributed by atoms with van der Waals surface area (Å²) in [4.78, 5) is 23.5. The molecular weight excluding hydrogens is 218 g/mol. The Bertz CT molecular complexity index is 371. The van der Waals surface area contributed by atoms with E-state index in [0.29, 0.717) is 24.9 Å². The molecule has 2 saturated heterocycles. The van der Waals surface area contributed by atoms with Crippen molar-refractivity contribution < 1.29 is 9.59 Å². The summed E-state index contributed by atoms with van der Waals surface area (Å²) in [7, 11) is 0. The number of carbonyl (C=O) groups is 2. The van der Waals surface area contributed by atoms with Crippen molar-refractivity contribution in [3.8, 4) is 0 Å². The summed E-state index contributed by atoms with van der Waals surface area (Å²) >= 11 is 0. The zero-order chi connectivity index (χ0) is 12.0. The Morgan fingerprint density at radius 3 is 2.82 bits per heavy atom. The van der Waals surface area contributed by atoms with Crippen molar-refractivity contribution in [3.63, 3.8) is 0 Å². The normalized spacial score (nSPS) is 44.7. The molecular formula is C12H19N3O2. The quantitative estimate of drug-likeness (QED) is 0.575. The van der Waals surface area contributed by atoms with Crippen molar-refractivity contribution in [2.75, 3.05) is 6.54 Å². The second-order valence-electron chi connectivity index (χ2n) is 5.67. The van der Waals surface area contributed by atoms with Crippen molar-refractivity contribution in [2.45, 2.75) is 44.2 Å². The zero-order valence-electron chi connectivity index (χ0n) is 9.87. The molecule has 4 N–H and O–H groups in total. The molecule has 0 aromatic rings. The lowest BCUT2D eigenvalue weighted by molar-refractivity contribution is -0.128. The summed E-state index contributed by atoms with van der Waals surface area (Å²) in [6, 6.07) is -0.00824. The summed E-state index contributed by atoms with van der Waals surface area (Å²) in [6.45, 7) is 0.605. The number of hydrogen-bond donors (Lipinski definition) is 3. The third-order valence-corrected chi connectivity index (χ3v) is 4.82. The summed E-state index contributed by atoms with van der Waals surface area (Å²) in [6.07, 6.45) is 5.15. The Hall–Kier alpha value is -1.10. The van der Waals surface area contributed by atoms with Gasteiger partial charge in [0, 0.05) is 12.6 Å². The van der Waals surface area contributed by atoms with E-state index in [1.807, 2.05) is 0 Å². The first-order chi connectivity index (χ1) is 8.13. The Morgan fingerprint density at radius 1 is 1.35 bits per heavy atom. The Kier molecular flexibility index (Phi) is 2.40. The van der Waals surface area contributed by atoms with E-state index >= 15 is 0 Å². The molecule has 94 valence electrons. The first kappa shape index (κ1) is 11.0. The first-order valence-electron chi connectivity index (χ1n) is 6.47. The molecule has 3 fully saturated rings. The Morgan fingerprint density at radius 2 is 2.12 bits per heavy atom. The summed E-state index contributed by atoms with van der Waals surface area (Å²) in [5.74, 6) is 0.181. The van der Waals surface area contributed by atoms with Crippen molar-refractivity contribution in [3.05, 3.63) is 0 Å². The van der Waals surface area contributed by atoms with Crippen LogP contribution in [0.1, 0.15) is 32.1 Å². The number of primary amides is 1. The van der Waals surface area contributed by atoms with Crippen LogP contribution in [0.4, 0.5) is 0 Å². The lowest BCUT2D eigenvalue weighted by Gasteiger charge is -2.33. The van der Waals surface area contributed by atoms with Crippen LogP contribution in [0.25, 0.3) is 0 Å². The van der Waals surface area contributed by atoms with Crippen molar-refractivity contribution in [1.82, 2.24) is 10.6 Å². The van der Waals surface area contributed by atoms with Crippen LogP contribution in [-0.2, 0) is 9.59 Å². The van der Waals surface area contributed by atoms with E-state index in [9.17, 15) is 9.59 Å². The van der Waals surface area contributed by atoms with E-state index in [1.54, 1.807) is 0 Å². The van der Waals surface area contributed by atoms with Gasteiger partial charge in [0.15, 0.2) is 0 Å². The fourth-order valence-corrected chi connectivity index (χ4v) is 3.92. The SMILES string of the molecule is NC(=O)C1CC2(CN1)C(=O)NC1CCCC[C@@H]12. The first-order valence-corrected chi connectivity index (χ1v) is 6.47. The van der Waals surface area contributed by atoms with Crippen LogP contribution < -0.4 is 16.4 Å². The standard InChI is InChI=1S/C12H19N3O2/c13-10(16)9-5-12(6-14-9)7-3-1-2-4-8(7)15-11(12)17/h7-9,14H,1-6H2,(H2,13,16)(H,15,17)/t7-,8?,9?,12?/m0/s1. The highest BCUT2D eigenvalue weighted by atomic mass is 16.2. The molecule has 3 aliphatic rings. The molecule has 5 heteroatoms. The molecule has 1 saturated carbocycles. The average molecular weight is 237 g/mol. The van der Waals surface area contributed by atoms with Crippen LogP contribution in [0, 0.1) is 11.3 Å². The number of hydrogen-bond acceptors (Lipinski definition) is 3. The monoisotopic (exact) mass is 237 g/mol. The molecule has 0 bridgehead atoms. The van der Waals surface area contributed by atoms with E-state index in [4.69, 9.17) is 5.73 Å². The van der Waals surface area contributed by atoms with Gasteiger partial charge >= 0.3 is 0 Å². The van der Waals surface area contributed by atoms with Crippen LogP contribution in [-0.4, -0.2) is 30.4 Å². The van der Waals surface area contributed by atoms with Gasteiger partial charge in [0.1, 0.15) is 0 Å². The molecule has 1 spiro atoms. The van der Waals surface area contributed by atoms with E-state index in [-0.39, 0.29) is 23.3 Å². The largest absolute Gasteiger partial charge is 0.368 e. The minimum absolute atomic E-state index is 0.130. The van der Waals surface area contributed by atoms with Crippen LogP contribution in [0.2, 0.25) is 0 Å². The molecule has 0 radical (unpaired) electrons. The van der Waals surface area contributed by atoms with Crippen molar-refractivity contribution >= 4 is 11.8 Å². The third-order valence-electron chi connectivity index (χ3n) is 4.82. The molecule has 0 aromatic heterocycles. The fraction of sp³-hybridized carbons (Fsp3) is 0.833. The summed E-state index contributed by atoms with van der Waals surface area (Å²) in [5.41, 5.74) is 4.96. The topological polar surface area (TPSA) is 84.2 Å². The molecule has 5 nitrogen and oxygen atoms in total. The fourth-order valence-electron chi connectivity index (χ4n) is 3.92. The van der Waals surface area contributed by atoms with Crippen LogP contribution in [0.3, 0.4) is 0 Å². The molecule has 2 aliphatic heterocycles. The number of rotatable bonds is 1. The molecule has 2 amide bonds. The van der Waals surface area contributed by atoms with Gasteiger partial charge in [-0.15, -0.1) is 0 Å². The minimum atomic E-state index is -0.370. The number of nitrogens with one attached hydrogen (secondary N) is 2. The van der Waals surface area contributed by atoms with Gasteiger partial charge in [-0.05, 0) is 25.2 Å². The molecule has 1 aliphatic carbocycles. The third kappa shape index (κ3) is 1.48. The summed E-state index contributed by atoms with van der Waals surface area (Å²) in [5, 5.41) is 6.23. The maximum Gasteiger partial charge on any atom is 0.234 e. The Balaban J connectivity index is 1.86. The maximum absolute atomic E-state index is 12.2. The number of amides is 2. The lowest BCUT2D eigenvalue weighted by atomic mass is 9.68. The highest BCUT2D eigenvalue weighted by Gasteiger charge is 2.58. The maximum atomic E-state index is 12.2. The van der Waals surface area contributed by atoms with Crippen molar-refractivity contribution in [2.24, 2.45) is 17.1 Å². The number of fused-ring (bicyclic) bond motifs is 2. The predicted molar refractivity (Wildman–Crippen MR) is 61.9 cm³/mol. The van der Waals surface area contributed by atoms with E-state index in [2.05, 4.69) is 10.6 Å². The van der Waals surface area contributed by atoms with Crippen molar-refractivity contribution in [1.29, 1.82) is 0 Å². The zero-order valence-corrected chi connectivity index (χ0v) is 9.87. The average Bonchev–Trinajstić information content (AvgIpc) is 2.85. The van der Waals surface area contributed by atoms with Crippen LogP contribution in [0.15, 0.2) is 0 Å². The van der Waals surface area contributed by atoms with Gasteiger partial charge in [0.2, 0.25) is 11.8 Å². The molecule has 2 heterocycles. The Labute approximate surface area is 100 Å². The van der Waals surface area contributed by atoms with Crippen LogP contribution >= 0.6 is 0 Å².